The summed E-state index contributed by atoms with van der Waals surface area (Å²) in [7, 11) is -3.52. The van der Waals surface area contributed by atoms with E-state index in [1.165, 1.54) is 0 Å². The van der Waals surface area contributed by atoms with Gasteiger partial charge in [-0.15, -0.1) is 12.4 Å². The zero-order valence-corrected chi connectivity index (χ0v) is 15.0. The molecule has 0 heterocycles. The van der Waals surface area contributed by atoms with Crippen LogP contribution in [0.15, 0.2) is 59.5 Å². The summed E-state index contributed by atoms with van der Waals surface area (Å²) in [5.74, 6) is 0.238. The fraction of sp³-hybridized carbons (Fsp3) is 0.333. The number of hydrogen-bond acceptors (Lipinski definition) is 3. The fourth-order valence-electron chi connectivity index (χ4n) is 3.21. The van der Waals surface area contributed by atoms with E-state index in [4.69, 9.17) is 5.73 Å². The molecule has 2 atom stereocenters. The first kappa shape index (κ1) is 18.9. The van der Waals surface area contributed by atoms with Crippen molar-refractivity contribution in [1.82, 2.24) is 4.72 Å². The topological polar surface area (TPSA) is 72.2 Å². The molecule has 1 saturated carbocycles. The molecule has 4 nitrogen and oxygen atoms in total. The van der Waals surface area contributed by atoms with Crippen molar-refractivity contribution >= 4 is 22.4 Å². The van der Waals surface area contributed by atoms with Gasteiger partial charge in [0, 0.05) is 6.04 Å². The van der Waals surface area contributed by atoms with Crippen LogP contribution in [-0.4, -0.2) is 21.0 Å². The molecule has 1 aliphatic rings. The molecule has 1 fully saturated rings. The summed E-state index contributed by atoms with van der Waals surface area (Å²) in [5.41, 5.74) is 7.65. The molecule has 1 aliphatic carbocycles. The fourth-order valence-corrected chi connectivity index (χ4v) is 4.60. The Bertz CT molecular complexity index is 766. The highest BCUT2D eigenvalue weighted by Crippen LogP contribution is 2.27. The molecule has 24 heavy (non-hydrogen) atoms. The molecule has 0 aliphatic heterocycles. The van der Waals surface area contributed by atoms with E-state index in [9.17, 15) is 8.42 Å². The first-order valence-electron chi connectivity index (χ1n) is 7.98. The van der Waals surface area contributed by atoms with Crippen molar-refractivity contribution in [3.8, 4) is 11.1 Å². The summed E-state index contributed by atoms with van der Waals surface area (Å²) in [5, 5.41) is 0. The summed E-state index contributed by atoms with van der Waals surface area (Å²) < 4.78 is 28.2. The van der Waals surface area contributed by atoms with Crippen LogP contribution < -0.4 is 10.5 Å². The molecule has 130 valence electrons. The lowest BCUT2D eigenvalue weighted by atomic mass is 10.1. The standard InChI is InChI=1S/C18H22N2O2S.ClH/c19-13-16-9-5-11-18(16)20-23(21,22)17-10-4-8-15(12-17)14-6-2-1-3-7-14;/h1-4,6-8,10,12,16,18,20H,5,9,11,13,19H2;1H. The molecule has 0 saturated heterocycles. The zero-order valence-electron chi connectivity index (χ0n) is 13.4. The molecule has 0 bridgehead atoms. The van der Waals surface area contributed by atoms with E-state index < -0.39 is 10.0 Å². The lowest BCUT2D eigenvalue weighted by Gasteiger charge is -2.19. The van der Waals surface area contributed by atoms with E-state index in [-0.39, 0.29) is 24.4 Å². The van der Waals surface area contributed by atoms with Gasteiger partial charge in [0.1, 0.15) is 0 Å². The third-order valence-electron chi connectivity index (χ3n) is 4.52. The van der Waals surface area contributed by atoms with Gasteiger partial charge in [0.25, 0.3) is 0 Å². The minimum Gasteiger partial charge on any atom is -0.330 e. The number of nitrogens with two attached hydrogens (primary N) is 1. The van der Waals surface area contributed by atoms with Crippen LogP contribution in [0.5, 0.6) is 0 Å². The van der Waals surface area contributed by atoms with E-state index >= 15 is 0 Å². The Balaban J connectivity index is 0.00000208. The normalized spacial score (nSPS) is 20.5. The molecule has 0 radical (unpaired) electrons. The zero-order chi connectivity index (χ0) is 16.3. The summed E-state index contributed by atoms with van der Waals surface area (Å²) in [6.45, 7) is 0.525. The van der Waals surface area contributed by atoms with E-state index in [1.807, 2.05) is 36.4 Å². The van der Waals surface area contributed by atoms with Crippen molar-refractivity contribution in [3.05, 3.63) is 54.6 Å². The van der Waals surface area contributed by atoms with Crippen molar-refractivity contribution in [2.45, 2.75) is 30.2 Å². The molecule has 0 aromatic heterocycles. The highest BCUT2D eigenvalue weighted by Gasteiger charge is 2.30. The molecule has 0 spiro atoms. The average molecular weight is 367 g/mol. The van der Waals surface area contributed by atoms with E-state index in [0.717, 1.165) is 30.4 Å². The van der Waals surface area contributed by atoms with Crippen molar-refractivity contribution in [2.75, 3.05) is 6.54 Å². The highest BCUT2D eigenvalue weighted by molar-refractivity contribution is 7.89. The van der Waals surface area contributed by atoms with Crippen LogP contribution in [0.3, 0.4) is 0 Å². The average Bonchev–Trinajstić information content (AvgIpc) is 3.02. The number of sulfonamides is 1. The number of nitrogens with one attached hydrogen (secondary N) is 1. The first-order valence-corrected chi connectivity index (χ1v) is 9.46. The Morgan fingerprint density at radius 1 is 1.00 bits per heavy atom. The van der Waals surface area contributed by atoms with Crippen LogP contribution in [0.4, 0.5) is 0 Å². The molecule has 2 aromatic rings. The Kier molecular flexibility index (Phi) is 6.40. The Labute approximate surface area is 149 Å². The van der Waals surface area contributed by atoms with Crippen LogP contribution in [0, 0.1) is 5.92 Å². The second kappa shape index (κ2) is 8.12. The Morgan fingerprint density at radius 2 is 1.71 bits per heavy atom. The van der Waals surface area contributed by atoms with E-state index in [2.05, 4.69) is 4.72 Å². The second-order valence-electron chi connectivity index (χ2n) is 6.05. The maximum absolute atomic E-state index is 12.7. The molecule has 2 aromatic carbocycles. The van der Waals surface area contributed by atoms with Gasteiger partial charge in [-0.1, -0.05) is 48.9 Å². The van der Waals surface area contributed by atoms with Gasteiger partial charge < -0.3 is 5.73 Å². The monoisotopic (exact) mass is 366 g/mol. The van der Waals surface area contributed by atoms with Gasteiger partial charge in [0.2, 0.25) is 10.0 Å². The van der Waals surface area contributed by atoms with Crippen molar-refractivity contribution in [1.29, 1.82) is 0 Å². The van der Waals surface area contributed by atoms with Crippen LogP contribution >= 0.6 is 12.4 Å². The Hall–Kier alpha value is -1.40. The molecule has 3 N–H and O–H groups in total. The molecular formula is C18H23ClN2O2S. The lowest BCUT2D eigenvalue weighted by Crippen LogP contribution is -2.39. The summed E-state index contributed by atoms with van der Waals surface area (Å²) in [4.78, 5) is 0.307. The number of hydrogen-bond donors (Lipinski definition) is 2. The number of halogens is 1. The van der Waals surface area contributed by atoms with Crippen molar-refractivity contribution in [2.24, 2.45) is 11.7 Å². The van der Waals surface area contributed by atoms with Crippen molar-refractivity contribution < 1.29 is 8.42 Å². The van der Waals surface area contributed by atoms with Gasteiger partial charge in [-0.05, 0) is 48.6 Å². The molecule has 2 unspecified atom stereocenters. The largest absolute Gasteiger partial charge is 0.330 e. The number of benzene rings is 2. The van der Waals surface area contributed by atoms with Gasteiger partial charge in [-0.3, -0.25) is 0 Å². The highest BCUT2D eigenvalue weighted by atomic mass is 35.5. The minimum absolute atomic E-state index is 0. The second-order valence-corrected chi connectivity index (χ2v) is 7.76. The first-order chi connectivity index (χ1) is 11.1. The molecular weight excluding hydrogens is 344 g/mol. The van der Waals surface area contributed by atoms with E-state index in [0.29, 0.717) is 11.4 Å². The summed E-state index contributed by atoms with van der Waals surface area (Å²) in [6.07, 6.45) is 2.88. The van der Waals surface area contributed by atoms with Crippen LogP contribution in [0.1, 0.15) is 19.3 Å². The minimum atomic E-state index is -3.52. The predicted octanol–water partition coefficient (Wildman–Crippen LogP) is 3.18. The quantitative estimate of drug-likeness (QED) is 0.853. The maximum Gasteiger partial charge on any atom is 0.240 e. The lowest BCUT2D eigenvalue weighted by molar-refractivity contribution is 0.453. The third kappa shape index (κ3) is 4.16. The van der Waals surface area contributed by atoms with E-state index in [1.54, 1.807) is 18.2 Å². The van der Waals surface area contributed by atoms with Gasteiger partial charge in [-0.25, -0.2) is 13.1 Å². The van der Waals surface area contributed by atoms with Crippen LogP contribution in [0.2, 0.25) is 0 Å². The van der Waals surface area contributed by atoms with Gasteiger partial charge in [-0.2, -0.15) is 0 Å². The smallest absolute Gasteiger partial charge is 0.240 e. The number of rotatable bonds is 5. The molecule has 0 amide bonds. The summed E-state index contributed by atoms with van der Waals surface area (Å²) in [6, 6.07) is 16.8. The maximum atomic E-state index is 12.7. The van der Waals surface area contributed by atoms with Gasteiger partial charge >= 0.3 is 0 Å². The van der Waals surface area contributed by atoms with Crippen LogP contribution in [-0.2, 0) is 10.0 Å². The van der Waals surface area contributed by atoms with Gasteiger partial charge in [0.15, 0.2) is 0 Å². The van der Waals surface area contributed by atoms with Gasteiger partial charge in [0.05, 0.1) is 4.90 Å². The Morgan fingerprint density at radius 3 is 2.42 bits per heavy atom. The summed E-state index contributed by atoms with van der Waals surface area (Å²) >= 11 is 0. The van der Waals surface area contributed by atoms with Crippen molar-refractivity contribution in [3.63, 3.8) is 0 Å². The molecule has 3 rings (SSSR count). The predicted molar refractivity (Wildman–Crippen MR) is 99.6 cm³/mol. The SMILES string of the molecule is Cl.NCC1CCCC1NS(=O)(=O)c1cccc(-c2ccccc2)c1. The van der Waals surface area contributed by atoms with Crippen LogP contribution in [0.25, 0.3) is 11.1 Å². The molecule has 6 heteroatoms. The third-order valence-corrected chi connectivity index (χ3v) is 6.01.